The van der Waals surface area contributed by atoms with Gasteiger partial charge in [0.15, 0.2) is 0 Å². The van der Waals surface area contributed by atoms with Crippen molar-refractivity contribution in [1.29, 1.82) is 0 Å². The first-order valence-corrected chi connectivity index (χ1v) is 5.70. The summed E-state index contributed by atoms with van der Waals surface area (Å²) >= 11 is 0. The van der Waals surface area contributed by atoms with E-state index in [4.69, 9.17) is 0 Å². The summed E-state index contributed by atoms with van der Waals surface area (Å²) < 4.78 is 0. The van der Waals surface area contributed by atoms with Crippen molar-refractivity contribution in [3.8, 4) is 0 Å². The molecule has 0 spiro atoms. The average Bonchev–Trinajstić information content (AvgIpc) is 2.27. The molecule has 0 aliphatic rings. The second kappa shape index (κ2) is 6.83. The fourth-order valence-corrected chi connectivity index (χ4v) is 1.52. The number of aryl methyl sites for hydroxylation is 1. The molecule has 2 heteroatoms. The minimum atomic E-state index is 0.412. The van der Waals surface area contributed by atoms with Crippen LogP contribution in [0.5, 0.6) is 0 Å². The Labute approximate surface area is 98.1 Å². The number of nitrogens with zero attached hydrogens (tertiary/aromatic N) is 1. The summed E-state index contributed by atoms with van der Waals surface area (Å²) in [6.45, 7) is 7.86. The van der Waals surface area contributed by atoms with Gasteiger partial charge in [0.1, 0.15) is 5.84 Å². The monoisotopic (exact) mass is 216 g/mol. The van der Waals surface area contributed by atoms with Gasteiger partial charge >= 0.3 is 0 Å². The average molecular weight is 216 g/mol. The number of amidine groups is 1. The van der Waals surface area contributed by atoms with E-state index >= 15 is 0 Å². The molecule has 0 aliphatic carbocycles. The van der Waals surface area contributed by atoms with E-state index in [0.717, 1.165) is 18.7 Å². The molecule has 0 saturated carbocycles. The van der Waals surface area contributed by atoms with Crippen LogP contribution in [0, 0.1) is 0 Å². The lowest BCUT2D eigenvalue weighted by Gasteiger charge is -2.12. The van der Waals surface area contributed by atoms with Gasteiger partial charge in [-0.1, -0.05) is 36.9 Å². The van der Waals surface area contributed by atoms with Crippen LogP contribution in [0.3, 0.4) is 0 Å². The Kier molecular flexibility index (Phi) is 5.34. The van der Waals surface area contributed by atoms with Crippen molar-refractivity contribution in [2.75, 3.05) is 0 Å². The molecule has 0 aliphatic heterocycles. The Morgan fingerprint density at radius 2 is 2.06 bits per heavy atom. The maximum absolute atomic E-state index is 4.25. The topological polar surface area (TPSA) is 24.4 Å². The largest absolute Gasteiger partial charge is 0.371 e. The molecule has 0 aromatic heterocycles. The number of hydrogen-bond acceptors (Lipinski definition) is 1. The Hall–Kier alpha value is -1.57. The van der Waals surface area contributed by atoms with Gasteiger partial charge in [-0.05, 0) is 25.8 Å². The van der Waals surface area contributed by atoms with Crippen LogP contribution < -0.4 is 5.32 Å². The summed E-state index contributed by atoms with van der Waals surface area (Å²) in [4.78, 5) is 4.25. The summed E-state index contributed by atoms with van der Waals surface area (Å²) in [6.07, 6.45) is 3.52. The maximum atomic E-state index is 4.25. The molecule has 2 nitrogen and oxygen atoms in total. The van der Waals surface area contributed by atoms with Crippen molar-refractivity contribution in [3.05, 3.63) is 48.7 Å². The third-order valence-corrected chi connectivity index (χ3v) is 2.20. The van der Waals surface area contributed by atoms with Crippen molar-refractivity contribution in [2.45, 2.75) is 32.7 Å². The van der Waals surface area contributed by atoms with Crippen LogP contribution in [0.2, 0.25) is 0 Å². The Morgan fingerprint density at radius 1 is 1.38 bits per heavy atom. The number of aliphatic imine (C=N–C) groups is 1. The van der Waals surface area contributed by atoms with Gasteiger partial charge in [-0.15, -0.1) is 0 Å². The van der Waals surface area contributed by atoms with E-state index in [2.05, 4.69) is 55.0 Å². The van der Waals surface area contributed by atoms with Crippen LogP contribution in [0.1, 0.15) is 25.8 Å². The molecule has 1 rings (SSSR count). The van der Waals surface area contributed by atoms with Crippen LogP contribution in [0.25, 0.3) is 0 Å². The summed E-state index contributed by atoms with van der Waals surface area (Å²) in [5.74, 6) is 1.01. The standard InChI is InChI=1S/C14H20N2/c1-4-15-14(16-12(2)3)11-10-13-8-6-5-7-9-13/h4-9,12H,1,10-11H2,2-3H3,(H,15,16). The third-order valence-electron chi connectivity index (χ3n) is 2.20. The van der Waals surface area contributed by atoms with Gasteiger partial charge in [0.25, 0.3) is 0 Å². The molecule has 16 heavy (non-hydrogen) atoms. The maximum Gasteiger partial charge on any atom is 0.102 e. The Balaban J connectivity index is 2.50. The SMILES string of the molecule is C=CN=C(CCc1ccccc1)NC(C)C. The molecule has 86 valence electrons. The number of nitrogens with one attached hydrogen (secondary N) is 1. The molecule has 0 radical (unpaired) electrons. The van der Waals surface area contributed by atoms with E-state index in [1.165, 1.54) is 5.56 Å². The van der Waals surface area contributed by atoms with Gasteiger partial charge in [-0.2, -0.15) is 0 Å². The minimum Gasteiger partial charge on any atom is -0.371 e. The zero-order valence-corrected chi connectivity index (χ0v) is 10.1. The van der Waals surface area contributed by atoms with E-state index in [1.54, 1.807) is 6.20 Å². The molecule has 1 N–H and O–H groups in total. The smallest absolute Gasteiger partial charge is 0.102 e. The molecule has 1 aromatic rings. The minimum absolute atomic E-state index is 0.412. The highest BCUT2D eigenvalue weighted by Crippen LogP contribution is 2.03. The number of benzene rings is 1. The molecule has 0 amide bonds. The quantitative estimate of drug-likeness (QED) is 0.593. The molecule has 0 atom stereocenters. The van der Waals surface area contributed by atoms with E-state index in [0.29, 0.717) is 6.04 Å². The molecule has 0 saturated heterocycles. The van der Waals surface area contributed by atoms with E-state index < -0.39 is 0 Å². The van der Waals surface area contributed by atoms with Crippen LogP contribution in [-0.4, -0.2) is 11.9 Å². The van der Waals surface area contributed by atoms with Crippen molar-refractivity contribution in [1.82, 2.24) is 5.32 Å². The summed E-state index contributed by atoms with van der Waals surface area (Å²) in [5.41, 5.74) is 1.34. The van der Waals surface area contributed by atoms with Gasteiger partial charge in [0.05, 0.1) is 0 Å². The Morgan fingerprint density at radius 3 is 2.62 bits per heavy atom. The van der Waals surface area contributed by atoms with Crippen molar-refractivity contribution < 1.29 is 0 Å². The summed E-state index contributed by atoms with van der Waals surface area (Å²) in [6, 6.07) is 10.9. The van der Waals surface area contributed by atoms with Gasteiger partial charge in [0, 0.05) is 18.7 Å². The summed E-state index contributed by atoms with van der Waals surface area (Å²) in [7, 11) is 0. The highest BCUT2D eigenvalue weighted by molar-refractivity contribution is 5.83. The van der Waals surface area contributed by atoms with Gasteiger partial charge < -0.3 is 5.32 Å². The first kappa shape index (κ1) is 12.5. The lowest BCUT2D eigenvalue weighted by atomic mass is 10.1. The van der Waals surface area contributed by atoms with Crippen LogP contribution in [0.15, 0.2) is 48.1 Å². The number of rotatable bonds is 5. The van der Waals surface area contributed by atoms with Crippen molar-refractivity contribution in [2.24, 2.45) is 4.99 Å². The zero-order chi connectivity index (χ0) is 11.8. The fourth-order valence-electron chi connectivity index (χ4n) is 1.52. The molecular formula is C14H20N2. The fraction of sp³-hybridized carbons (Fsp3) is 0.357. The molecular weight excluding hydrogens is 196 g/mol. The van der Waals surface area contributed by atoms with Crippen LogP contribution in [-0.2, 0) is 6.42 Å². The van der Waals surface area contributed by atoms with Gasteiger partial charge in [0.2, 0.25) is 0 Å². The molecule has 0 bridgehead atoms. The normalized spacial score (nSPS) is 11.6. The number of hydrogen-bond donors (Lipinski definition) is 1. The highest BCUT2D eigenvalue weighted by atomic mass is 15.0. The lowest BCUT2D eigenvalue weighted by Crippen LogP contribution is -2.30. The first-order chi connectivity index (χ1) is 7.72. The van der Waals surface area contributed by atoms with E-state index in [9.17, 15) is 0 Å². The second-order valence-corrected chi connectivity index (χ2v) is 4.04. The molecule has 0 heterocycles. The van der Waals surface area contributed by atoms with Gasteiger partial charge in [-0.3, -0.25) is 0 Å². The molecule has 0 fully saturated rings. The van der Waals surface area contributed by atoms with Crippen LogP contribution >= 0.6 is 0 Å². The first-order valence-electron chi connectivity index (χ1n) is 5.70. The predicted molar refractivity (Wildman–Crippen MR) is 70.7 cm³/mol. The summed E-state index contributed by atoms with van der Waals surface area (Å²) in [5, 5.41) is 3.33. The third kappa shape index (κ3) is 4.78. The van der Waals surface area contributed by atoms with E-state index in [-0.39, 0.29) is 0 Å². The highest BCUT2D eigenvalue weighted by Gasteiger charge is 2.01. The molecule has 1 aromatic carbocycles. The van der Waals surface area contributed by atoms with Gasteiger partial charge in [-0.25, -0.2) is 4.99 Å². The lowest BCUT2D eigenvalue weighted by molar-refractivity contribution is 0.718. The van der Waals surface area contributed by atoms with Crippen LogP contribution in [0.4, 0.5) is 0 Å². The predicted octanol–water partition coefficient (Wildman–Crippen LogP) is 3.16. The second-order valence-electron chi connectivity index (χ2n) is 4.04. The molecule has 0 unspecified atom stereocenters. The van der Waals surface area contributed by atoms with Crippen molar-refractivity contribution in [3.63, 3.8) is 0 Å². The zero-order valence-electron chi connectivity index (χ0n) is 10.1. The Bertz CT molecular complexity index is 339. The van der Waals surface area contributed by atoms with E-state index in [1.807, 2.05) is 6.07 Å². The van der Waals surface area contributed by atoms with Crippen molar-refractivity contribution >= 4 is 5.84 Å².